The van der Waals surface area contributed by atoms with Crippen LogP contribution in [0.5, 0.6) is 17.5 Å². The Morgan fingerprint density at radius 2 is 1.74 bits per heavy atom. The van der Waals surface area contributed by atoms with E-state index in [4.69, 9.17) is 19.0 Å². The van der Waals surface area contributed by atoms with Gasteiger partial charge < -0.3 is 24.2 Å². The Labute approximate surface area is 252 Å². The number of aromatic nitrogens is 1. The standard InChI is InChI=1S/C34H38N4O5/c1-40-28-18-27-30(32(36-28)41-2)33(39)31(37-42-3)26(20-38-24-10-7-11-25(38)17-16-24)29(22-8-5-4-6-9-22)34(33,43-27)23-14-12-21(19-35)13-15-23/h4-6,8-9,12-15,18,24-26,29,31,37,39H,7,10-11,16-17,20H2,1-3H3/t24-,25+,26-,29-,31-,33+,34+/m1/s1. The van der Waals surface area contributed by atoms with E-state index in [1.165, 1.54) is 32.1 Å². The van der Waals surface area contributed by atoms with Crippen LogP contribution in [0.2, 0.25) is 0 Å². The molecule has 2 bridgehead atoms. The lowest BCUT2D eigenvalue weighted by atomic mass is 9.70. The average molecular weight is 583 g/mol. The van der Waals surface area contributed by atoms with Gasteiger partial charge in [0.15, 0.2) is 11.2 Å². The first-order chi connectivity index (χ1) is 21.0. The molecule has 9 nitrogen and oxygen atoms in total. The highest BCUT2D eigenvalue weighted by Crippen LogP contribution is 2.70. The van der Waals surface area contributed by atoms with E-state index in [0.29, 0.717) is 34.8 Å². The number of nitriles is 1. The van der Waals surface area contributed by atoms with E-state index in [0.717, 1.165) is 17.7 Å². The fourth-order valence-corrected chi connectivity index (χ4v) is 8.76. The molecule has 3 aliphatic heterocycles. The molecular formula is C34H38N4O5. The zero-order chi connectivity index (χ0) is 29.8. The second-order valence-corrected chi connectivity index (χ2v) is 12.2. The fourth-order valence-electron chi connectivity index (χ4n) is 8.76. The number of benzene rings is 2. The number of hydroxylamine groups is 1. The molecule has 1 aliphatic carbocycles. The summed E-state index contributed by atoms with van der Waals surface area (Å²) in [6.45, 7) is 0.765. The zero-order valence-corrected chi connectivity index (χ0v) is 24.8. The van der Waals surface area contributed by atoms with Crippen LogP contribution in [0.3, 0.4) is 0 Å². The Morgan fingerprint density at radius 1 is 1.02 bits per heavy atom. The van der Waals surface area contributed by atoms with Gasteiger partial charge in [-0.05, 0) is 48.9 Å². The van der Waals surface area contributed by atoms with E-state index >= 15 is 0 Å². The molecule has 224 valence electrons. The van der Waals surface area contributed by atoms with Crippen molar-refractivity contribution in [2.75, 3.05) is 27.9 Å². The number of aliphatic hydroxyl groups is 1. The van der Waals surface area contributed by atoms with Crippen molar-refractivity contribution in [2.45, 2.75) is 67.3 Å². The highest BCUT2D eigenvalue weighted by Gasteiger charge is 2.77. The molecule has 2 N–H and O–H groups in total. The van der Waals surface area contributed by atoms with Crippen LogP contribution in [0.1, 0.15) is 60.3 Å². The molecule has 0 amide bonds. The lowest BCUT2D eigenvalue weighted by Crippen LogP contribution is -2.56. The first-order valence-electron chi connectivity index (χ1n) is 15.1. The van der Waals surface area contributed by atoms with Gasteiger partial charge >= 0.3 is 0 Å². The molecule has 7 rings (SSSR count). The molecule has 3 aromatic rings. The van der Waals surface area contributed by atoms with Crippen molar-refractivity contribution in [3.8, 4) is 23.6 Å². The van der Waals surface area contributed by atoms with Crippen molar-refractivity contribution in [2.24, 2.45) is 5.92 Å². The van der Waals surface area contributed by atoms with Crippen molar-refractivity contribution >= 4 is 0 Å². The third-order valence-corrected chi connectivity index (χ3v) is 10.4. The van der Waals surface area contributed by atoms with Crippen LogP contribution in [0.15, 0.2) is 60.7 Å². The SMILES string of the molecule is CON[C@@H]1[C@H](CN2[C@@H]3CCC[C@H]2CC3)[C@@H](c2ccccc2)[C@]2(c3ccc(C#N)cc3)Oc3cc(OC)nc(OC)c3[C@]12O. The van der Waals surface area contributed by atoms with Gasteiger partial charge in [0.25, 0.3) is 0 Å². The third-order valence-electron chi connectivity index (χ3n) is 10.4. The van der Waals surface area contributed by atoms with Crippen LogP contribution < -0.4 is 19.7 Å². The van der Waals surface area contributed by atoms with Gasteiger partial charge in [-0.3, -0.25) is 4.90 Å². The maximum Gasteiger partial charge on any atom is 0.226 e. The first-order valence-corrected chi connectivity index (χ1v) is 15.1. The molecule has 0 radical (unpaired) electrons. The van der Waals surface area contributed by atoms with Crippen LogP contribution in [-0.4, -0.2) is 61.0 Å². The number of nitrogens with one attached hydrogen (secondary N) is 1. The van der Waals surface area contributed by atoms with Gasteiger partial charge in [0.2, 0.25) is 11.8 Å². The molecule has 0 unspecified atom stereocenters. The molecule has 1 saturated carbocycles. The number of rotatable bonds is 8. The minimum absolute atomic E-state index is 0.135. The van der Waals surface area contributed by atoms with Crippen molar-refractivity contribution in [1.82, 2.24) is 15.4 Å². The Morgan fingerprint density at radius 3 is 2.37 bits per heavy atom. The summed E-state index contributed by atoms with van der Waals surface area (Å²) in [4.78, 5) is 13.0. The van der Waals surface area contributed by atoms with Gasteiger partial charge in [-0.25, -0.2) is 0 Å². The third kappa shape index (κ3) is 4.01. The summed E-state index contributed by atoms with van der Waals surface area (Å²) in [5.41, 5.74) is 3.05. The van der Waals surface area contributed by atoms with Crippen LogP contribution >= 0.6 is 0 Å². The maximum absolute atomic E-state index is 13.5. The highest BCUT2D eigenvalue weighted by atomic mass is 16.6. The maximum atomic E-state index is 13.5. The number of piperidine rings is 1. The van der Waals surface area contributed by atoms with E-state index in [1.54, 1.807) is 39.5 Å². The molecule has 9 heteroatoms. The highest BCUT2D eigenvalue weighted by molar-refractivity contribution is 5.60. The number of pyridine rings is 1. The lowest BCUT2D eigenvalue weighted by molar-refractivity contribution is -0.137. The molecule has 4 heterocycles. The van der Waals surface area contributed by atoms with Gasteiger partial charge in [-0.2, -0.15) is 15.7 Å². The van der Waals surface area contributed by atoms with E-state index in [1.807, 2.05) is 30.3 Å². The van der Waals surface area contributed by atoms with Crippen LogP contribution in [0.4, 0.5) is 0 Å². The summed E-state index contributed by atoms with van der Waals surface area (Å²) in [6.07, 6.45) is 6.07. The van der Waals surface area contributed by atoms with Gasteiger partial charge in [0.1, 0.15) is 5.75 Å². The summed E-state index contributed by atoms with van der Waals surface area (Å²) >= 11 is 0. The quantitative estimate of drug-likeness (QED) is 0.374. The predicted octanol–water partition coefficient (Wildman–Crippen LogP) is 4.40. The van der Waals surface area contributed by atoms with Crippen molar-refractivity contribution < 1.29 is 24.2 Å². The normalized spacial score (nSPS) is 32.5. The molecule has 1 aromatic heterocycles. The summed E-state index contributed by atoms with van der Waals surface area (Å²) in [7, 11) is 4.67. The number of hydrogen-bond acceptors (Lipinski definition) is 9. The van der Waals surface area contributed by atoms with E-state index in [9.17, 15) is 10.4 Å². The predicted molar refractivity (Wildman–Crippen MR) is 159 cm³/mol. The number of ether oxygens (including phenoxy) is 3. The van der Waals surface area contributed by atoms with Crippen LogP contribution in [-0.2, 0) is 16.0 Å². The molecule has 4 aliphatic rings. The first kappa shape index (κ1) is 28.1. The van der Waals surface area contributed by atoms with Crippen molar-refractivity contribution in [3.63, 3.8) is 0 Å². The van der Waals surface area contributed by atoms with Crippen LogP contribution in [0.25, 0.3) is 0 Å². The summed E-state index contributed by atoms with van der Waals surface area (Å²) in [5.74, 6) is 0.549. The number of fused-ring (bicyclic) bond motifs is 5. The fraction of sp³-hybridized carbons (Fsp3) is 0.471. The number of hydrogen-bond donors (Lipinski definition) is 2. The Kier molecular flexibility index (Phi) is 7.06. The minimum atomic E-state index is -1.68. The monoisotopic (exact) mass is 582 g/mol. The molecule has 0 spiro atoms. The average Bonchev–Trinajstić information content (AvgIpc) is 3.51. The van der Waals surface area contributed by atoms with Crippen molar-refractivity contribution in [3.05, 3.63) is 82.9 Å². The Balaban J connectivity index is 1.51. The van der Waals surface area contributed by atoms with E-state index in [-0.39, 0.29) is 17.7 Å². The van der Waals surface area contributed by atoms with Gasteiger partial charge in [-0.1, -0.05) is 48.9 Å². The number of nitrogens with zero attached hydrogens (tertiary/aromatic N) is 3. The largest absolute Gasteiger partial charge is 0.481 e. The lowest BCUT2D eigenvalue weighted by Gasteiger charge is -2.42. The molecule has 43 heavy (non-hydrogen) atoms. The van der Waals surface area contributed by atoms with Gasteiger partial charge in [0, 0.05) is 36.5 Å². The Hall–Kier alpha value is -3.68. The molecule has 7 atom stereocenters. The summed E-state index contributed by atoms with van der Waals surface area (Å²) < 4.78 is 18.5. The van der Waals surface area contributed by atoms with Crippen molar-refractivity contribution in [1.29, 1.82) is 5.26 Å². The summed E-state index contributed by atoms with van der Waals surface area (Å²) in [5, 5.41) is 23.2. The Bertz CT molecular complexity index is 1510. The van der Waals surface area contributed by atoms with Crippen LogP contribution in [0, 0.1) is 17.2 Å². The smallest absolute Gasteiger partial charge is 0.226 e. The molecular weight excluding hydrogens is 544 g/mol. The molecule has 3 fully saturated rings. The second kappa shape index (κ2) is 10.8. The topological polar surface area (TPSA) is 109 Å². The van der Waals surface area contributed by atoms with Gasteiger partial charge in [-0.15, -0.1) is 0 Å². The minimum Gasteiger partial charge on any atom is -0.481 e. The van der Waals surface area contributed by atoms with E-state index in [2.05, 4.69) is 33.6 Å². The van der Waals surface area contributed by atoms with E-state index < -0.39 is 17.2 Å². The molecule has 2 aromatic carbocycles. The zero-order valence-electron chi connectivity index (χ0n) is 24.8. The molecule has 2 saturated heterocycles. The summed E-state index contributed by atoms with van der Waals surface area (Å²) in [6, 6.07) is 22.1. The van der Waals surface area contributed by atoms with Gasteiger partial charge in [0.05, 0.1) is 44.6 Å². The number of methoxy groups -OCH3 is 2. The second-order valence-electron chi connectivity index (χ2n) is 12.2.